The van der Waals surface area contributed by atoms with Crippen LogP contribution in [0.5, 0.6) is 0 Å². The molecule has 0 aromatic carbocycles. The molecule has 0 aliphatic heterocycles. The lowest BCUT2D eigenvalue weighted by Gasteiger charge is -2.13. The van der Waals surface area contributed by atoms with Crippen LogP contribution in [0.2, 0.25) is 0 Å². The first kappa shape index (κ1) is 19.2. The molecule has 0 spiro atoms. The maximum Gasteiger partial charge on any atom is 0.190 e. The van der Waals surface area contributed by atoms with Crippen LogP contribution in [-0.4, -0.2) is 31.1 Å². The van der Waals surface area contributed by atoms with Gasteiger partial charge < -0.3 is 10.6 Å². The average Bonchev–Trinajstić information content (AvgIpc) is 3.04. The van der Waals surface area contributed by atoms with E-state index in [4.69, 9.17) is 0 Å². The lowest BCUT2D eigenvalue weighted by atomic mass is 10.0. The van der Waals surface area contributed by atoms with Crippen LogP contribution in [0.4, 0.5) is 0 Å². The summed E-state index contributed by atoms with van der Waals surface area (Å²) in [6.45, 7) is 1.87. The van der Waals surface area contributed by atoms with E-state index in [1.54, 1.807) is 0 Å². The lowest BCUT2D eigenvalue weighted by molar-refractivity contribution is 0.481. The van der Waals surface area contributed by atoms with Crippen LogP contribution in [0.25, 0.3) is 0 Å². The fourth-order valence-corrected chi connectivity index (χ4v) is 2.97. The Kier molecular flexibility index (Phi) is 10.2. The number of rotatable bonds is 7. The SMILES string of the molecule is CN=C(NCCCC1CCCC1)NCCc1ccccn1.I. The number of aromatic nitrogens is 1. The number of hydrogen-bond acceptors (Lipinski definition) is 2. The van der Waals surface area contributed by atoms with Gasteiger partial charge in [0, 0.05) is 38.4 Å². The molecular formula is C17H29IN4. The summed E-state index contributed by atoms with van der Waals surface area (Å²) in [5, 5.41) is 6.74. The molecule has 1 heterocycles. The van der Waals surface area contributed by atoms with E-state index in [2.05, 4.69) is 26.7 Å². The van der Waals surface area contributed by atoms with Gasteiger partial charge in [-0.3, -0.25) is 9.98 Å². The first-order chi connectivity index (χ1) is 10.4. The highest BCUT2D eigenvalue weighted by Crippen LogP contribution is 2.28. The fraction of sp³-hybridized carbons (Fsp3) is 0.647. The fourth-order valence-electron chi connectivity index (χ4n) is 2.97. The zero-order valence-corrected chi connectivity index (χ0v) is 15.9. The quantitative estimate of drug-likeness (QED) is 0.310. The van der Waals surface area contributed by atoms with Crippen LogP contribution in [0.15, 0.2) is 29.4 Å². The number of halogens is 1. The zero-order chi connectivity index (χ0) is 14.8. The van der Waals surface area contributed by atoms with Gasteiger partial charge in [0.1, 0.15) is 0 Å². The average molecular weight is 416 g/mol. The Morgan fingerprint density at radius 2 is 2.00 bits per heavy atom. The molecule has 1 fully saturated rings. The van der Waals surface area contributed by atoms with E-state index < -0.39 is 0 Å². The molecule has 0 amide bonds. The van der Waals surface area contributed by atoms with Gasteiger partial charge in [0.05, 0.1) is 0 Å². The summed E-state index contributed by atoms with van der Waals surface area (Å²) in [6, 6.07) is 6.03. The van der Waals surface area contributed by atoms with E-state index in [0.717, 1.165) is 37.1 Å². The van der Waals surface area contributed by atoms with Crippen molar-refractivity contribution >= 4 is 29.9 Å². The van der Waals surface area contributed by atoms with E-state index in [1.807, 2.05) is 25.4 Å². The molecule has 1 aliphatic rings. The zero-order valence-electron chi connectivity index (χ0n) is 13.6. The normalized spacial score (nSPS) is 15.4. The van der Waals surface area contributed by atoms with Crippen molar-refractivity contribution in [1.29, 1.82) is 0 Å². The third-order valence-corrected chi connectivity index (χ3v) is 4.18. The van der Waals surface area contributed by atoms with Crippen molar-refractivity contribution < 1.29 is 0 Å². The second-order valence-corrected chi connectivity index (χ2v) is 5.79. The van der Waals surface area contributed by atoms with E-state index in [1.165, 1.54) is 38.5 Å². The Bertz CT molecular complexity index is 416. The minimum absolute atomic E-state index is 0. The van der Waals surface area contributed by atoms with Crippen molar-refractivity contribution in [3.63, 3.8) is 0 Å². The Hall–Kier alpha value is -0.850. The molecule has 1 aromatic rings. The summed E-state index contributed by atoms with van der Waals surface area (Å²) < 4.78 is 0. The van der Waals surface area contributed by atoms with E-state index >= 15 is 0 Å². The Morgan fingerprint density at radius 3 is 2.68 bits per heavy atom. The number of aliphatic imine (C=N–C) groups is 1. The third-order valence-electron chi connectivity index (χ3n) is 4.18. The Labute approximate surface area is 151 Å². The molecule has 124 valence electrons. The molecule has 0 bridgehead atoms. The summed E-state index contributed by atoms with van der Waals surface area (Å²) in [6.07, 6.45) is 11.1. The number of nitrogens with one attached hydrogen (secondary N) is 2. The smallest absolute Gasteiger partial charge is 0.190 e. The van der Waals surface area contributed by atoms with Gasteiger partial charge in [-0.25, -0.2) is 0 Å². The third kappa shape index (κ3) is 7.42. The molecule has 2 rings (SSSR count). The van der Waals surface area contributed by atoms with Crippen molar-refractivity contribution in [3.8, 4) is 0 Å². The van der Waals surface area contributed by atoms with Crippen LogP contribution in [0.1, 0.15) is 44.2 Å². The van der Waals surface area contributed by atoms with Crippen molar-refractivity contribution in [1.82, 2.24) is 15.6 Å². The topological polar surface area (TPSA) is 49.3 Å². The monoisotopic (exact) mass is 416 g/mol. The van der Waals surface area contributed by atoms with Crippen molar-refractivity contribution in [2.45, 2.75) is 44.9 Å². The van der Waals surface area contributed by atoms with E-state index in [-0.39, 0.29) is 24.0 Å². The van der Waals surface area contributed by atoms with Crippen molar-refractivity contribution in [3.05, 3.63) is 30.1 Å². The molecule has 22 heavy (non-hydrogen) atoms. The second kappa shape index (κ2) is 11.7. The van der Waals surface area contributed by atoms with Crippen molar-refractivity contribution in [2.24, 2.45) is 10.9 Å². The molecule has 1 saturated carbocycles. The van der Waals surface area contributed by atoms with Crippen LogP contribution < -0.4 is 10.6 Å². The van der Waals surface area contributed by atoms with Crippen LogP contribution in [0, 0.1) is 5.92 Å². The second-order valence-electron chi connectivity index (χ2n) is 5.79. The van der Waals surface area contributed by atoms with Gasteiger partial charge in [-0.05, 0) is 30.9 Å². The number of nitrogens with zero attached hydrogens (tertiary/aromatic N) is 2. The van der Waals surface area contributed by atoms with Crippen LogP contribution in [-0.2, 0) is 6.42 Å². The lowest BCUT2D eigenvalue weighted by Crippen LogP contribution is -2.38. The molecule has 0 atom stereocenters. The van der Waals surface area contributed by atoms with Gasteiger partial charge in [-0.1, -0.05) is 31.7 Å². The predicted octanol–water partition coefficient (Wildman–Crippen LogP) is 3.38. The minimum atomic E-state index is 0. The predicted molar refractivity (Wildman–Crippen MR) is 104 cm³/mol. The van der Waals surface area contributed by atoms with E-state index in [0.29, 0.717) is 0 Å². The van der Waals surface area contributed by atoms with Gasteiger partial charge in [0.2, 0.25) is 0 Å². The Morgan fingerprint density at radius 1 is 1.23 bits per heavy atom. The first-order valence-corrected chi connectivity index (χ1v) is 8.23. The summed E-state index contributed by atoms with van der Waals surface area (Å²) in [7, 11) is 1.83. The molecule has 5 heteroatoms. The standard InChI is InChI=1S/C17H28N4.HI/c1-18-17(20-13-6-9-15-7-2-3-8-15)21-14-11-16-10-4-5-12-19-16;/h4-5,10,12,15H,2-3,6-9,11,13-14H2,1H3,(H2,18,20,21);1H. The van der Waals surface area contributed by atoms with Crippen LogP contribution in [0.3, 0.4) is 0 Å². The molecule has 0 unspecified atom stereocenters. The summed E-state index contributed by atoms with van der Waals surface area (Å²) >= 11 is 0. The highest BCUT2D eigenvalue weighted by molar-refractivity contribution is 14.0. The number of pyridine rings is 1. The minimum Gasteiger partial charge on any atom is -0.356 e. The van der Waals surface area contributed by atoms with Crippen molar-refractivity contribution in [2.75, 3.05) is 20.1 Å². The van der Waals surface area contributed by atoms with Gasteiger partial charge in [-0.2, -0.15) is 0 Å². The highest BCUT2D eigenvalue weighted by Gasteiger charge is 2.13. The summed E-state index contributed by atoms with van der Waals surface area (Å²) in [5.41, 5.74) is 1.11. The summed E-state index contributed by atoms with van der Waals surface area (Å²) in [5.74, 6) is 1.88. The molecule has 1 aliphatic carbocycles. The molecule has 1 aromatic heterocycles. The molecule has 2 N–H and O–H groups in total. The van der Waals surface area contributed by atoms with Gasteiger partial charge in [-0.15, -0.1) is 24.0 Å². The van der Waals surface area contributed by atoms with Gasteiger partial charge >= 0.3 is 0 Å². The first-order valence-electron chi connectivity index (χ1n) is 8.23. The molecule has 4 nitrogen and oxygen atoms in total. The molecule has 0 saturated heterocycles. The molecular weight excluding hydrogens is 387 g/mol. The van der Waals surface area contributed by atoms with Crippen LogP contribution >= 0.6 is 24.0 Å². The number of hydrogen-bond donors (Lipinski definition) is 2. The largest absolute Gasteiger partial charge is 0.356 e. The number of guanidine groups is 1. The maximum atomic E-state index is 4.32. The van der Waals surface area contributed by atoms with Gasteiger partial charge in [0.15, 0.2) is 5.96 Å². The molecule has 0 radical (unpaired) electrons. The van der Waals surface area contributed by atoms with Gasteiger partial charge in [0.25, 0.3) is 0 Å². The Balaban J connectivity index is 0.00000242. The van der Waals surface area contributed by atoms with E-state index in [9.17, 15) is 0 Å². The summed E-state index contributed by atoms with van der Waals surface area (Å²) in [4.78, 5) is 8.58. The highest BCUT2D eigenvalue weighted by atomic mass is 127. The maximum absolute atomic E-state index is 4.32.